The Bertz CT molecular complexity index is 1990. The van der Waals surface area contributed by atoms with Crippen LogP contribution in [0, 0.1) is 11.3 Å². The van der Waals surface area contributed by atoms with E-state index in [2.05, 4.69) is 11.4 Å². The number of carbonyl (C=O) groups is 1. The van der Waals surface area contributed by atoms with Gasteiger partial charge in [0, 0.05) is 6.54 Å². The molecule has 4 aromatic rings. The lowest BCUT2D eigenvalue weighted by Gasteiger charge is -2.26. The van der Waals surface area contributed by atoms with Crippen molar-refractivity contribution in [1.29, 1.82) is 5.26 Å². The lowest BCUT2D eigenvalue weighted by molar-refractivity contribution is -0.116. The van der Waals surface area contributed by atoms with Gasteiger partial charge >= 0.3 is 0 Å². The van der Waals surface area contributed by atoms with Crippen LogP contribution in [-0.4, -0.2) is 38.9 Å². The van der Waals surface area contributed by atoms with E-state index in [0.717, 1.165) is 16.9 Å². The zero-order valence-corrected chi connectivity index (χ0v) is 25.4. The van der Waals surface area contributed by atoms with Gasteiger partial charge in [0.25, 0.3) is 11.5 Å². The quantitative estimate of drug-likeness (QED) is 0.295. The van der Waals surface area contributed by atoms with Crippen LogP contribution in [0.15, 0.2) is 77.1 Å². The number of amides is 1. The van der Waals surface area contributed by atoms with E-state index in [4.69, 9.17) is 24.7 Å². The molecule has 0 bridgehead atoms. The molecule has 1 unspecified atom stereocenters. The zero-order valence-electron chi connectivity index (χ0n) is 24.5. The Kier molecular flexibility index (Phi) is 8.73. The van der Waals surface area contributed by atoms with Gasteiger partial charge in [0.1, 0.15) is 10.5 Å². The molecule has 5 rings (SSSR count). The molecule has 0 saturated carbocycles. The van der Waals surface area contributed by atoms with Crippen molar-refractivity contribution in [1.82, 2.24) is 9.88 Å². The predicted octanol–water partition coefficient (Wildman–Crippen LogP) is 2.69. The molecule has 1 aliphatic rings. The Balaban J connectivity index is 1.76. The van der Waals surface area contributed by atoms with Crippen LogP contribution < -0.4 is 44.8 Å². The Morgan fingerprint density at radius 3 is 2.23 bits per heavy atom. The third kappa shape index (κ3) is 5.50. The van der Waals surface area contributed by atoms with E-state index in [1.54, 1.807) is 42.5 Å². The first-order valence-electron chi connectivity index (χ1n) is 13.5. The van der Waals surface area contributed by atoms with Crippen LogP contribution in [0.1, 0.15) is 22.6 Å². The van der Waals surface area contributed by atoms with Crippen LogP contribution in [0.5, 0.6) is 23.0 Å². The number of thiazole rings is 1. The van der Waals surface area contributed by atoms with Gasteiger partial charge in [-0.1, -0.05) is 42.5 Å². The van der Waals surface area contributed by atoms with Crippen LogP contribution in [0.3, 0.4) is 0 Å². The van der Waals surface area contributed by atoms with Gasteiger partial charge in [-0.3, -0.25) is 14.2 Å². The number of benzene rings is 3. The molecule has 0 aliphatic carbocycles. The van der Waals surface area contributed by atoms with E-state index in [1.807, 2.05) is 30.3 Å². The number of fused-ring (bicyclic) bond motifs is 1. The number of allylic oxidation sites excluding steroid dienone is 1. The number of nitrogens with two attached hydrogens (primary N) is 1. The van der Waals surface area contributed by atoms with Crippen LogP contribution in [0.2, 0.25) is 0 Å². The van der Waals surface area contributed by atoms with Crippen LogP contribution >= 0.6 is 11.3 Å². The topological polar surface area (TPSA) is 138 Å². The second-order valence-electron chi connectivity index (χ2n) is 9.71. The first kappa shape index (κ1) is 30.0. The molecule has 44 heavy (non-hydrogen) atoms. The molecule has 11 heteroatoms. The molecule has 3 aromatic carbocycles. The summed E-state index contributed by atoms with van der Waals surface area (Å²) in [5.41, 5.74) is 8.51. The molecule has 0 spiro atoms. The molecule has 1 aliphatic heterocycles. The molecule has 10 nitrogen and oxygen atoms in total. The molecule has 1 amide bonds. The molecule has 0 radical (unpaired) electrons. The van der Waals surface area contributed by atoms with Gasteiger partial charge in [-0.2, -0.15) is 5.26 Å². The van der Waals surface area contributed by atoms with Crippen molar-refractivity contribution < 1.29 is 23.7 Å². The highest BCUT2D eigenvalue weighted by Gasteiger charge is 2.36. The van der Waals surface area contributed by atoms with Crippen molar-refractivity contribution in [2.24, 2.45) is 5.73 Å². The van der Waals surface area contributed by atoms with E-state index in [1.165, 1.54) is 33.0 Å². The monoisotopic (exact) mass is 610 g/mol. The fourth-order valence-corrected chi connectivity index (χ4v) is 6.28. The average Bonchev–Trinajstić information content (AvgIpc) is 3.38. The number of carbonyl (C=O) groups excluding carboxylic acids is 1. The maximum atomic E-state index is 14.1. The average molecular weight is 611 g/mol. The van der Waals surface area contributed by atoms with Gasteiger partial charge in [-0.15, -0.1) is 11.3 Å². The molecule has 224 valence electrons. The molecular formula is C33H30N4O6S. The first-order chi connectivity index (χ1) is 21.3. The van der Waals surface area contributed by atoms with Crippen molar-refractivity contribution in [3.05, 3.63) is 109 Å². The highest BCUT2D eigenvalue weighted by atomic mass is 32.1. The maximum Gasteiger partial charge on any atom is 0.274 e. The second-order valence-corrected chi connectivity index (χ2v) is 10.7. The summed E-state index contributed by atoms with van der Waals surface area (Å²) in [7, 11) is 6.09. The zero-order chi connectivity index (χ0) is 31.4. The number of rotatable bonds is 9. The van der Waals surface area contributed by atoms with E-state index in [-0.39, 0.29) is 23.5 Å². The maximum absolute atomic E-state index is 14.1. The summed E-state index contributed by atoms with van der Waals surface area (Å²) in [6.45, 7) is 0.239. The van der Waals surface area contributed by atoms with Crippen molar-refractivity contribution in [3.63, 3.8) is 0 Å². The van der Waals surface area contributed by atoms with E-state index >= 15 is 0 Å². The van der Waals surface area contributed by atoms with E-state index < -0.39 is 17.4 Å². The summed E-state index contributed by atoms with van der Waals surface area (Å²) in [6, 6.07) is 22.0. The van der Waals surface area contributed by atoms with Crippen LogP contribution in [0.25, 0.3) is 17.5 Å². The largest absolute Gasteiger partial charge is 0.493 e. The second kappa shape index (κ2) is 12.8. The van der Waals surface area contributed by atoms with Crippen LogP contribution in [0.4, 0.5) is 0 Å². The van der Waals surface area contributed by atoms with Crippen molar-refractivity contribution in [2.75, 3.05) is 28.4 Å². The predicted molar refractivity (Wildman–Crippen MR) is 168 cm³/mol. The fraction of sp³-hybridized carbons (Fsp3) is 0.182. The van der Waals surface area contributed by atoms with E-state index in [9.17, 15) is 14.9 Å². The van der Waals surface area contributed by atoms with Crippen molar-refractivity contribution in [2.45, 2.75) is 12.5 Å². The first-order valence-corrected chi connectivity index (χ1v) is 14.3. The van der Waals surface area contributed by atoms with Crippen LogP contribution in [-0.2, 0) is 11.3 Å². The highest BCUT2D eigenvalue weighted by Crippen LogP contribution is 2.40. The van der Waals surface area contributed by atoms with Crippen molar-refractivity contribution >= 4 is 34.7 Å². The Morgan fingerprint density at radius 2 is 1.59 bits per heavy atom. The summed E-state index contributed by atoms with van der Waals surface area (Å²) in [5.74, 6) is 0.564. The number of ether oxygens (including phenoxy) is 4. The number of methoxy groups -OCH3 is 4. The number of hydrogen-bond donors (Lipinski definition) is 2. The van der Waals surface area contributed by atoms with Gasteiger partial charge in [0.2, 0.25) is 0 Å². The number of nitriles is 1. The van der Waals surface area contributed by atoms with Gasteiger partial charge in [-0.05, 0) is 47.0 Å². The molecule has 2 heterocycles. The van der Waals surface area contributed by atoms with E-state index in [0.29, 0.717) is 43.3 Å². The normalized spacial score (nSPS) is 14.5. The van der Waals surface area contributed by atoms with Crippen molar-refractivity contribution in [3.8, 4) is 29.1 Å². The standard InChI is InChI=1S/C33H30N4O6S/c1-40-23-12-10-20(14-25(23)42-3)15-27-32(39)37-30(35)22(17-34)28(21-11-13-24(41-2)26(16-21)43-4)29(33(37)44-27)31(38)36-18-19-8-6-5-7-9-19/h5-16,28H,18,35H2,1-4H3,(H,36,38)/b27-15-. The number of nitrogens with one attached hydrogen (secondary N) is 1. The Hall–Kier alpha value is -5.47. The fourth-order valence-electron chi connectivity index (χ4n) is 5.10. The number of nitrogens with zero attached hydrogens (tertiary/aromatic N) is 2. The SMILES string of the molecule is COc1ccc(/C=c2\sc3n(c2=O)C(N)=C(C#N)C(c2ccc(OC)c(OC)c2)C=3C(=O)NCc2ccccc2)cc1OC. The lowest BCUT2D eigenvalue weighted by atomic mass is 9.83. The minimum absolute atomic E-state index is 0.0462. The minimum atomic E-state index is -0.887. The molecule has 0 fully saturated rings. The molecule has 1 aromatic heterocycles. The third-order valence-electron chi connectivity index (χ3n) is 7.26. The molecule has 1 atom stereocenters. The summed E-state index contributed by atoms with van der Waals surface area (Å²) in [4.78, 5) is 27.9. The molecular weight excluding hydrogens is 580 g/mol. The van der Waals surface area contributed by atoms with Gasteiger partial charge < -0.3 is 30.0 Å². The lowest BCUT2D eigenvalue weighted by Crippen LogP contribution is -2.42. The minimum Gasteiger partial charge on any atom is -0.493 e. The third-order valence-corrected chi connectivity index (χ3v) is 8.36. The Labute approximate surface area is 257 Å². The Morgan fingerprint density at radius 1 is 0.955 bits per heavy atom. The van der Waals surface area contributed by atoms with Gasteiger partial charge in [0.05, 0.1) is 56.1 Å². The summed E-state index contributed by atoms with van der Waals surface area (Å²) in [5, 5.41) is 13.3. The highest BCUT2D eigenvalue weighted by molar-refractivity contribution is 7.07. The smallest absolute Gasteiger partial charge is 0.274 e. The number of hydrogen-bond acceptors (Lipinski definition) is 9. The summed E-state index contributed by atoms with van der Waals surface area (Å²) in [6.07, 6.45) is 1.69. The molecule has 0 saturated heterocycles. The summed E-state index contributed by atoms with van der Waals surface area (Å²) < 4.78 is 23.5. The van der Waals surface area contributed by atoms with Gasteiger partial charge in [0.15, 0.2) is 23.0 Å². The summed E-state index contributed by atoms with van der Waals surface area (Å²) >= 11 is 1.12. The number of aromatic nitrogens is 1. The van der Waals surface area contributed by atoms with Gasteiger partial charge in [-0.25, -0.2) is 0 Å². The molecule has 3 N–H and O–H groups in total.